The molecule has 4 aromatic carbocycles. The van der Waals surface area contributed by atoms with Gasteiger partial charge < -0.3 is 0 Å². The molecule has 0 saturated carbocycles. The van der Waals surface area contributed by atoms with Crippen LogP contribution in [-0.4, -0.2) is 9.97 Å². The van der Waals surface area contributed by atoms with E-state index in [4.69, 9.17) is 9.97 Å². The third kappa shape index (κ3) is 2.83. The molecule has 3 atom stereocenters. The Morgan fingerprint density at radius 3 is 2.32 bits per heavy atom. The van der Waals surface area contributed by atoms with Gasteiger partial charge in [-0.3, -0.25) is 4.98 Å². The lowest BCUT2D eigenvalue weighted by molar-refractivity contribution is 0.745. The molecule has 1 aromatic heterocycles. The summed E-state index contributed by atoms with van der Waals surface area (Å²) in [5.74, 6) is 0.479. The SMILES string of the molecule is Cc1cc2c3c(c1)CC1=C4C3C(=CC2)C(c2ccccc2)c2nc3c(nc2C4c2ccccc21)-c1ccccc1C3. The van der Waals surface area contributed by atoms with E-state index >= 15 is 0 Å². The molecule has 0 bridgehead atoms. The number of benzene rings is 4. The fraction of sp³-hybridized carbons (Fsp3) is 0.179. The van der Waals surface area contributed by atoms with Crippen molar-refractivity contribution in [3.8, 4) is 11.3 Å². The van der Waals surface area contributed by atoms with Crippen molar-refractivity contribution in [2.24, 2.45) is 0 Å². The van der Waals surface area contributed by atoms with Crippen molar-refractivity contribution in [2.75, 3.05) is 0 Å². The molecule has 0 N–H and O–H groups in total. The number of allylic oxidation sites excluding steroid dienone is 4. The van der Waals surface area contributed by atoms with Crippen LogP contribution in [0.1, 0.15) is 79.3 Å². The Morgan fingerprint density at radius 1 is 0.659 bits per heavy atom. The maximum atomic E-state index is 5.67. The summed E-state index contributed by atoms with van der Waals surface area (Å²) in [6.07, 6.45) is 5.40. The van der Waals surface area contributed by atoms with E-state index in [1.54, 1.807) is 11.1 Å². The molecule has 2 heteroatoms. The zero-order chi connectivity index (χ0) is 26.8. The van der Waals surface area contributed by atoms with Crippen LogP contribution in [0.15, 0.2) is 108 Å². The Hall–Kier alpha value is -4.56. The van der Waals surface area contributed by atoms with Gasteiger partial charge in [-0.15, -0.1) is 0 Å². The average molecular weight is 525 g/mol. The summed E-state index contributed by atoms with van der Waals surface area (Å²) in [4.78, 5) is 11.3. The molecule has 0 amide bonds. The molecule has 0 spiro atoms. The van der Waals surface area contributed by atoms with E-state index in [2.05, 4.69) is 104 Å². The van der Waals surface area contributed by atoms with Gasteiger partial charge in [-0.2, -0.15) is 0 Å². The van der Waals surface area contributed by atoms with Crippen LogP contribution in [-0.2, 0) is 19.3 Å². The molecule has 0 fully saturated rings. The highest BCUT2D eigenvalue weighted by Gasteiger charge is 2.50. The van der Waals surface area contributed by atoms with E-state index in [0.717, 1.165) is 36.3 Å². The molecule has 1 heterocycles. The maximum Gasteiger partial charge on any atom is 0.0927 e. The standard InChI is InChI=1S/C39H28N2/c1-21-17-24-15-16-29-33(22-9-3-2-4-10-22)38-39(41-37-26-12-6-5-11-23(26)20-31(37)40-38)36-28-14-8-7-13-27(28)30-19-25(18-21)32(24)34(29)35(30)36/h2-14,16-18,33-34,36H,15,19-20H2,1H3. The first-order valence-electron chi connectivity index (χ1n) is 14.9. The number of nitrogens with zero attached hydrogens (tertiary/aromatic N) is 2. The number of fused-ring (bicyclic) bond motifs is 8. The number of aromatic nitrogens is 2. The van der Waals surface area contributed by atoms with Crippen LogP contribution in [0.25, 0.3) is 16.8 Å². The van der Waals surface area contributed by atoms with Crippen LogP contribution in [0.4, 0.5) is 0 Å². The van der Waals surface area contributed by atoms with Crippen molar-refractivity contribution < 1.29 is 0 Å². The monoisotopic (exact) mass is 524 g/mol. The van der Waals surface area contributed by atoms with Gasteiger partial charge in [-0.25, -0.2) is 4.98 Å². The maximum absolute atomic E-state index is 5.67. The third-order valence-electron chi connectivity index (χ3n) is 10.3. The second-order valence-electron chi connectivity index (χ2n) is 12.4. The Bertz CT molecular complexity index is 2040. The lowest BCUT2D eigenvalue weighted by Gasteiger charge is -2.37. The molecular formula is C39H28N2. The predicted octanol–water partition coefficient (Wildman–Crippen LogP) is 8.22. The second-order valence-corrected chi connectivity index (χ2v) is 12.4. The van der Waals surface area contributed by atoms with Gasteiger partial charge in [0, 0.05) is 17.9 Å². The van der Waals surface area contributed by atoms with Crippen LogP contribution in [0.2, 0.25) is 0 Å². The molecule has 0 saturated heterocycles. The summed E-state index contributed by atoms with van der Waals surface area (Å²) in [6.45, 7) is 2.26. The van der Waals surface area contributed by atoms with Gasteiger partial charge in [0.25, 0.3) is 0 Å². The third-order valence-corrected chi connectivity index (χ3v) is 10.3. The summed E-state index contributed by atoms with van der Waals surface area (Å²) in [6, 6.07) is 33.9. The highest BCUT2D eigenvalue weighted by Crippen LogP contribution is 2.63. The van der Waals surface area contributed by atoms with E-state index in [9.17, 15) is 0 Å². The number of hydrogen-bond acceptors (Lipinski definition) is 2. The summed E-state index contributed by atoms with van der Waals surface area (Å²) < 4.78 is 0. The smallest absolute Gasteiger partial charge is 0.0927 e. The van der Waals surface area contributed by atoms with Crippen molar-refractivity contribution in [3.63, 3.8) is 0 Å². The Labute approximate surface area is 240 Å². The van der Waals surface area contributed by atoms with Crippen LogP contribution in [0.3, 0.4) is 0 Å². The van der Waals surface area contributed by atoms with E-state index in [0.29, 0.717) is 0 Å². The van der Waals surface area contributed by atoms with Crippen molar-refractivity contribution >= 4 is 5.57 Å². The zero-order valence-corrected chi connectivity index (χ0v) is 23.0. The normalized spacial score (nSPS) is 21.8. The van der Waals surface area contributed by atoms with Gasteiger partial charge in [0.05, 0.1) is 34.6 Å². The lowest BCUT2D eigenvalue weighted by Crippen LogP contribution is -2.23. The first-order valence-corrected chi connectivity index (χ1v) is 14.9. The van der Waals surface area contributed by atoms with Crippen molar-refractivity contribution in [2.45, 2.75) is 43.9 Å². The van der Waals surface area contributed by atoms with Gasteiger partial charge in [0.1, 0.15) is 0 Å². The molecule has 5 aromatic rings. The molecule has 0 radical (unpaired) electrons. The quantitative estimate of drug-likeness (QED) is 0.203. The number of rotatable bonds is 1. The average Bonchev–Trinajstić information content (AvgIpc) is 3.49. The van der Waals surface area contributed by atoms with Crippen LogP contribution >= 0.6 is 0 Å². The fourth-order valence-electron chi connectivity index (χ4n) is 8.82. The molecule has 5 aliphatic rings. The molecule has 3 unspecified atom stereocenters. The Morgan fingerprint density at radius 2 is 1.41 bits per heavy atom. The number of aryl methyl sites for hydroxylation is 1. The van der Waals surface area contributed by atoms with Crippen molar-refractivity contribution in [1.82, 2.24) is 9.97 Å². The van der Waals surface area contributed by atoms with Crippen LogP contribution < -0.4 is 0 Å². The molecule has 5 aliphatic carbocycles. The van der Waals surface area contributed by atoms with E-state index in [1.807, 2.05) is 0 Å². The van der Waals surface area contributed by atoms with E-state index < -0.39 is 0 Å². The molecular weight excluding hydrogens is 496 g/mol. The molecule has 10 rings (SSSR count). The Balaban J connectivity index is 1.34. The minimum atomic E-state index is 0.0876. The van der Waals surface area contributed by atoms with Crippen molar-refractivity contribution in [3.05, 3.63) is 170 Å². The predicted molar refractivity (Wildman–Crippen MR) is 163 cm³/mol. The van der Waals surface area contributed by atoms with Crippen LogP contribution in [0.5, 0.6) is 0 Å². The fourth-order valence-corrected chi connectivity index (χ4v) is 8.82. The first-order chi connectivity index (χ1) is 20.2. The molecule has 194 valence electrons. The molecule has 0 aliphatic heterocycles. The summed E-state index contributed by atoms with van der Waals surface area (Å²) in [7, 11) is 0. The summed E-state index contributed by atoms with van der Waals surface area (Å²) >= 11 is 0. The number of hydrogen-bond donors (Lipinski definition) is 0. The van der Waals surface area contributed by atoms with E-state index in [-0.39, 0.29) is 17.8 Å². The molecule has 41 heavy (non-hydrogen) atoms. The highest BCUT2D eigenvalue weighted by atomic mass is 14.9. The topological polar surface area (TPSA) is 25.8 Å². The largest absolute Gasteiger partial charge is 0.252 e. The van der Waals surface area contributed by atoms with Gasteiger partial charge in [-0.1, -0.05) is 103 Å². The molecule has 2 nitrogen and oxygen atoms in total. The van der Waals surface area contributed by atoms with E-state index in [1.165, 1.54) is 61.3 Å². The van der Waals surface area contributed by atoms with Gasteiger partial charge in [0.2, 0.25) is 0 Å². The first kappa shape index (κ1) is 22.2. The van der Waals surface area contributed by atoms with Crippen molar-refractivity contribution in [1.29, 1.82) is 0 Å². The van der Waals surface area contributed by atoms with Crippen LogP contribution in [0, 0.1) is 6.92 Å². The lowest BCUT2D eigenvalue weighted by atomic mass is 9.66. The summed E-state index contributed by atoms with van der Waals surface area (Å²) in [5, 5.41) is 0. The minimum absolute atomic E-state index is 0.0876. The van der Waals surface area contributed by atoms with Gasteiger partial charge >= 0.3 is 0 Å². The highest BCUT2D eigenvalue weighted by molar-refractivity contribution is 5.88. The Kier molecular flexibility index (Phi) is 4.21. The van der Waals surface area contributed by atoms with Gasteiger partial charge in [-0.05, 0) is 75.4 Å². The minimum Gasteiger partial charge on any atom is -0.252 e. The summed E-state index contributed by atoms with van der Waals surface area (Å²) in [5.41, 5.74) is 21.8. The second kappa shape index (κ2) is 7.79. The zero-order valence-electron chi connectivity index (χ0n) is 23.0. The van der Waals surface area contributed by atoms with Gasteiger partial charge in [0.15, 0.2) is 0 Å².